The Kier molecular flexibility index (Phi) is 4.86. The summed E-state index contributed by atoms with van der Waals surface area (Å²) >= 11 is 0. The molecule has 0 aliphatic heterocycles. The van der Waals surface area contributed by atoms with Gasteiger partial charge in [-0.15, -0.1) is 0 Å². The Morgan fingerprint density at radius 3 is 2.90 bits per heavy atom. The number of carbonyl (C=O) groups is 1. The maximum absolute atomic E-state index is 11.6. The highest BCUT2D eigenvalue weighted by Crippen LogP contribution is 2.47. The molecular weight excluding hydrogens is 266 g/mol. The van der Waals surface area contributed by atoms with Crippen molar-refractivity contribution in [1.82, 2.24) is 4.98 Å². The van der Waals surface area contributed by atoms with Crippen LogP contribution in [0.25, 0.3) is 0 Å². The molecular formula is C17H25NO3. The molecule has 2 atom stereocenters. The average molecular weight is 291 g/mol. The van der Waals surface area contributed by atoms with Crippen LogP contribution in [-0.2, 0) is 4.79 Å². The third-order valence-electron chi connectivity index (χ3n) is 4.34. The number of nitrogens with zero attached hydrogens (tertiary/aromatic N) is 1. The average Bonchev–Trinajstić information content (AvgIpc) is 2.44. The monoisotopic (exact) mass is 291 g/mol. The van der Waals surface area contributed by atoms with Crippen LogP contribution in [0.4, 0.5) is 0 Å². The summed E-state index contributed by atoms with van der Waals surface area (Å²) in [5, 5.41) is 9.50. The minimum Gasteiger partial charge on any atom is -0.492 e. The van der Waals surface area contributed by atoms with Crippen LogP contribution in [0.15, 0.2) is 18.5 Å². The molecule has 1 saturated carbocycles. The van der Waals surface area contributed by atoms with Crippen LogP contribution < -0.4 is 4.74 Å². The topological polar surface area (TPSA) is 59.4 Å². The summed E-state index contributed by atoms with van der Waals surface area (Å²) < 4.78 is 5.62. The number of pyridine rings is 1. The van der Waals surface area contributed by atoms with Crippen molar-refractivity contribution < 1.29 is 14.6 Å². The van der Waals surface area contributed by atoms with Crippen molar-refractivity contribution in [3.63, 3.8) is 0 Å². The second-order valence-electron chi connectivity index (χ2n) is 6.76. The van der Waals surface area contributed by atoms with Crippen LogP contribution in [0.3, 0.4) is 0 Å². The molecule has 1 fully saturated rings. The molecule has 116 valence electrons. The summed E-state index contributed by atoms with van der Waals surface area (Å²) in [6.07, 6.45) is 7.00. The minimum absolute atomic E-state index is 0.0175. The van der Waals surface area contributed by atoms with Crippen molar-refractivity contribution in [2.24, 2.45) is 11.3 Å². The number of ether oxygens (including phenoxy) is 1. The molecule has 1 aromatic rings. The van der Waals surface area contributed by atoms with Crippen LogP contribution in [0.2, 0.25) is 0 Å². The third-order valence-corrected chi connectivity index (χ3v) is 4.34. The number of aliphatic carboxylic acids is 1. The molecule has 1 N–H and O–H groups in total. The number of aromatic nitrogens is 1. The summed E-state index contributed by atoms with van der Waals surface area (Å²) in [6, 6.07) is 1.96. The zero-order valence-electron chi connectivity index (χ0n) is 13.1. The van der Waals surface area contributed by atoms with Crippen LogP contribution >= 0.6 is 0 Å². The summed E-state index contributed by atoms with van der Waals surface area (Å²) in [4.78, 5) is 15.8. The molecule has 4 nitrogen and oxygen atoms in total. The van der Waals surface area contributed by atoms with E-state index in [1.54, 1.807) is 12.4 Å². The van der Waals surface area contributed by atoms with Crippen molar-refractivity contribution in [1.29, 1.82) is 0 Å². The second-order valence-corrected chi connectivity index (χ2v) is 6.76. The lowest BCUT2D eigenvalue weighted by Gasteiger charge is -2.39. The van der Waals surface area contributed by atoms with E-state index >= 15 is 0 Å². The van der Waals surface area contributed by atoms with Gasteiger partial charge in [0.05, 0.1) is 18.7 Å². The molecule has 1 aliphatic rings. The van der Waals surface area contributed by atoms with Crippen molar-refractivity contribution in [3.8, 4) is 5.75 Å². The summed E-state index contributed by atoms with van der Waals surface area (Å²) in [5.41, 5.74) is 1.17. The van der Waals surface area contributed by atoms with Gasteiger partial charge in [-0.2, -0.15) is 0 Å². The van der Waals surface area contributed by atoms with Gasteiger partial charge in [0.2, 0.25) is 0 Å². The van der Waals surface area contributed by atoms with Crippen LogP contribution in [-0.4, -0.2) is 22.7 Å². The summed E-state index contributed by atoms with van der Waals surface area (Å²) in [5.74, 6) is -0.262. The van der Waals surface area contributed by atoms with Gasteiger partial charge in [0, 0.05) is 6.20 Å². The van der Waals surface area contributed by atoms with Crippen LogP contribution in [0, 0.1) is 11.3 Å². The number of hydrogen-bond donors (Lipinski definition) is 1. The summed E-state index contributed by atoms with van der Waals surface area (Å²) in [7, 11) is 0. The molecule has 4 heteroatoms. The quantitative estimate of drug-likeness (QED) is 0.894. The van der Waals surface area contributed by atoms with Gasteiger partial charge >= 0.3 is 5.97 Å². The smallest absolute Gasteiger partial charge is 0.307 e. The molecule has 1 aromatic heterocycles. The molecule has 2 unspecified atom stereocenters. The van der Waals surface area contributed by atoms with E-state index in [1.165, 1.54) is 0 Å². The fourth-order valence-electron chi connectivity index (χ4n) is 3.17. The Bertz CT molecular complexity index is 499. The highest BCUT2D eigenvalue weighted by atomic mass is 16.5. The first-order chi connectivity index (χ1) is 9.93. The SMILES string of the molecule is CCCOc1cncc(C2CC(C)(C)CCC2C(=O)O)c1. The highest BCUT2D eigenvalue weighted by Gasteiger charge is 2.39. The highest BCUT2D eigenvalue weighted by molar-refractivity contribution is 5.71. The lowest BCUT2D eigenvalue weighted by atomic mass is 9.65. The lowest BCUT2D eigenvalue weighted by molar-refractivity contribution is -0.144. The normalized spacial score (nSPS) is 24.5. The predicted molar refractivity (Wildman–Crippen MR) is 81.5 cm³/mol. The van der Waals surface area contributed by atoms with E-state index < -0.39 is 5.97 Å². The van der Waals surface area contributed by atoms with E-state index in [1.807, 2.05) is 6.07 Å². The largest absolute Gasteiger partial charge is 0.492 e. The Morgan fingerprint density at radius 1 is 1.48 bits per heavy atom. The van der Waals surface area contributed by atoms with Gasteiger partial charge in [-0.05, 0) is 48.6 Å². The van der Waals surface area contributed by atoms with E-state index in [0.29, 0.717) is 6.61 Å². The molecule has 2 rings (SSSR count). The second kappa shape index (κ2) is 6.46. The van der Waals surface area contributed by atoms with Gasteiger partial charge in [0.1, 0.15) is 5.75 Å². The van der Waals surface area contributed by atoms with Gasteiger partial charge < -0.3 is 9.84 Å². The molecule has 0 amide bonds. The molecule has 0 spiro atoms. The Morgan fingerprint density at radius 2 is 2.24 bits per heavy atom. The van der Waals surface area contributed by atoms with Crippen molar-refractivity contribution in [3.05, 3.63) is 24.0 Å². The fourth-order valence-corrected chi connectivity index (χ4v) is 3.17. The molecule has 1 aliphatic carbocycles. The predicted octanol–water partition coefficient (Wildman–Crippen LogP) is 3.86. The number of carboxylic acid groups (broad SMARTS) is 1. The van der Waals surface area contributed by atoms with Gasteiger partial charge in [0.25, 0.3) is 0 Å². The Balaban J connectivity index is 2.25. The van der Waals surface area contributed by atoms with E-state index in [2.05, 4.69) is 25.8 Å². The van der Waals surface area contributed by atoms with Gasteiger partial charge in [-0.25, -0.2) is 0 Å². The molecule has 0 aromatic carbocycles. The summed E-state index contributed by atoms with van der Waals surface area (Å²) in [6.45, 7) is 7.14. The Labute approximate surface area is 126 Å². The molecule has 21 heavy (non-hydrogen) atoms. The fraction of sp³-hybridized carbons (Fsp3) is 0.647. The lowest BCUT2D eigenvalue weighted by Crippen LogP contribution is -2.33. The van der Waals surface area contributed by atoms with E-state index in [4.69, 9.17) is 4.74 Å². The first-order valence-corrected chi connectivity index (χ1v) is 7.73. The molecule has 0 bridgehead atoms. The van der Waals surface area contributed by atoms with Gasteiger partial charge in [-0.3, -0.25) is 9.78 Å². The maximum Gasteiger partial charge on any atom is 0.307 e. The van der Waals surface area contributed by atoms with Gasteiger partial charge in [-0.1, -0.05) is 20.8 Å². The first kappa shape index (κ1) is 15.8. The number of carboxylic acids is 1. The number of rotatable bonds is 5. The first-order valence-electron chi connectivity index (χ1n) is 7.73. The van der Waals surface area contributed by atoms with E-state index in [0.717, 1.165) is 37.0 Å². The number of hydrogen-bond acceptors (Lipinski definition) is 3. The minimum atomic E-state index is -0.699. The van der Waals surface area contributed by atoms with Crippen LogP contribution in [0.1, 0.15) is 57.9 Å². The zero-order chi connectivity index (χ0) is 15.5. The van der Waals surface area contributed by atoms with E-state index in [-0.39, 0.29) is 17.3 Å². The molecule has 0 saturated heterocycles. The van der Waals surface area contributed by atoms with E-state index in [9.17, 15) is 9.90 Å². The van der Waals surface area contributed by atoms with Crippen molar-refractivity contribution >= 4 is 5.97 Å². The maximum atomic E-state index is 11.6. The van der Waals surface area contributed by atoms with Crippen molar-refractivity contribution in [2.45, 2.75) is 52.4 Å². The zero-order valence-corrected chi connectivity index (χ0v) is 13.1. The molecule has 1 heterocycles. The standard InChI is InChI=1S/C17H25NO3/c1-4-7-21-13-8-12(10-18-11-13)15-9-17(2,3)6-5-14(15)16(19)20/h8,10-11,14-15H,4-7,9H2,1-3H3,(H,19,20). The Hall–Kier alpha value is -1.58. The third kappa shape index (κ3) is 3.96. The van der Waals surface area contributed by atoms with Gasteiger partial charge in [0.15, 0.2) is 0 Å². The van der Waals surface area contributed by atoms with Crippen molar-refractivity contribution in [2.75, 3.05) is 6.61 Å². The van der Waals surface area contributed by atoms with Crippen LogP contribution in [0.5, 0.6) is 5.75 Å². The molecule has 0 radical (unpaired) electrons.